The first-order valence-corrected chi connectivity index (χ1v) is 7.90. The SMILES string of the molecule is CC(=O)N(CCNS(C)(=O)=O)c1cc(C)ccc1C. The van der Waals surface area contributed by atoms with Gasteiger partial charge in [-0.2, -0.15) is 0 Å². The van der Waals surface area contributed by atoms with Crippen molar-refractivity contribution in [1.82, 2.24) is 4.72 Å². The van der Waals surface area contributed by atoms with Crippen molar-refractivity contribution >= 4 is 21.6 Å². The lowest BCUT2D eigenvalue weighted by atomic mass is 10.1. The van der Waals surface area contributed by atoms with Crippen molar-refractivity contribution in [3.8, 4) is 0 Å². The molecule has 0 aliphatic carbocycles. The molecule has 0 heterocycles. The highest BCUT2D eigenvalue weighted by Gasteiger charge is 2.14. The van der Waals surface area contributed by atoms with Gasteiger partial charge in [-0.05, 0) is 31.0 Å². The van der Waals surface area contributed by atoms with Gasteiger partial charge in [0.05, 0.1) is 6.26 Å². The molecule has 0 aliphatic heterocycles. The quantitative estimate of drug-likeness (QED) is 0.883. The van der Waals surface area contributed by atoms with Crippen LogP contribution >= 0.6 is 0 Å². The zero-order chi connectivity index (χ0) is 14.6. The maximum Gasteiger partial charge on any atom is 0.223 e. The number of hydrogen-bond donors (Lipinski definition) is 1. The van der Waals surface area contributed by atoms with E-state index in [1.165, 1.54) is 6.92 Å². The van der Waals surface area contributed by atoms with Crippen LogP contribution in [0.3, 0.4) is 0 Å². The van der Waals surface area contributed by atoms with Crippen molar-refractivity contribution in [3.63, 3.8) is 0 Å². The van der Waals surface area contributed by atoms with Crippen LogP contribution in [0, 0.1) is 13.8 Å². The molecule has 0 atom stereocenters. The van der Waals surface area contributed by atoms with E-state index in [1.54, 1.807) is 4.90 Å². The summed E-state index contributed by atoms with van der Waals surface area (Å²) >= 11 is 0. The normalized spacial score (nSPS) is 11.4. The topological polar surface area (TPSA) is 66.5 Å². The Morgan fingerprint density at radius 2 is 1.95 bits per heavy atom. The zero-order valence-electron chi connectivity index (χ0n) is 11.7. The van der Waals surface area contributed by atoms with Gasteiger partial charge < -0.3 is 4.90 Å². The maximum absolute atomic E-state index is 11.7. The van der Waals surface area contributed by atoms with E-state index >= 15 is 0 Å². The molecule has 0 unspecified atom stereocenters. The Balaban J connectivity index is 2.89. The minimum atomic E-state index is -3.23. The molecule has 0 saturated carbocycles. The van der Waals surface area contributed by atoms with Gasteiger partial charge in [-0.25, -0.2) is 13.1 Å². The summed E-state index contributed by atoms with van der Waals surface area (Å²) in [6.07, 6.45) is 1.10. The number of anilines is 1. The third kappa shape index (κ3) is 5.00. The summed E-state index contributed by atoms with van der Waals surface area (Å²) in [5, 5.41) is 0. The Hall–Kier alpha value is -1.40. The summed E-state index contributed by atoms with van der Waals surface area (Å²) in [7, 11) is -3.23. The van der Waals surface area contributed by atoms with Gasteiger partial charge in [0.2, 0.25) is 15.9 Å². The molecule has 1 N–H and O–H groups in total. The van der Waals surface area contributed by atoms with Crippen LogP contribution in [-0.2, 0) is 14.8 Å². The van der Waals surface area contributed by atoms with Crippen LogP contribution in [0.5, 0.6) is 0 Å². The first kappa shape index (κ1) is 15.7. The number of rotatable bonds is 5. The first-order valence-electron chi connectivity index (χ1n) is 6.00. The predicted octanol–water partition coefficient (Wildman–Crippen LogP) is 1.21. The van der Waals surface area contributed by atoms with Crippen molar-refractivity contribution in [2.24, 2.45) is 0 Å². The molecule has 0 bridgehead atoms. The van der Waals surface area contributed by atoms with E-state index in [0.29, 0.717) is 6.54 Å². The van der Waals surface area contributed by atoms with E-state index in [2.05, 4.69) is 4.72 Å². The van der Waals surface area contributed by atoms with Gasteiger partial charge in [0, 0.05) is 25.7 Å². The molecule has 5 nitrogen and oxygen atoms in total. The molecule has 0 fully saturated rings. The number of nitrogens with zero attached hydrogens (tertiary/aromatic N) is 1. The Bertz CT molecular complexity index is 567. The Morgan fingerprint density at radius 3 is 2.47 bits per heavy atom. The highest BCUT2D eigenvalue weighted by atomic mass is 32.2. The lowest BCUT2D eigenvalue weighted by molar-refractivity contribution is -0.116. The van der Waals surface area contributed by atoms with Gasteiger partial charge in [-0.1, -0.05) is 12.1 Å². The van der Waals surface area contributed by atoms with Gasteiger partial charge in [0.1, 0.15) is 0 Å². The summed E-state index contributed by atoms with van der Waals surface area (Å²) in [4.78, 5) is 13.3. The highest BCUT2D eigenvalue weighted by Crippen LogP contribution is 2.21. The average Bonchev–Trinajstić information content (AvgIpc) is 2.26. The van der Waals surface area contributed by atoms with E-state index < -0.39 is 10.0 Å². The van der Waals surface area contributed by atoms with Crippen LogP contribution in [-0.4, -0.2) is 33.7 Å². The number of hydrogen-bond acceptors (Lipinski definition) is 3. The van der Waals surface area contributed by atoms with Crippen LogP contribution in [0.1, 0.15) is 18.1 Å². The van der Waals surface area contributed by atoms with Crippen molar-refractivity contribution in [3.05, 3.63) is 29.3 Å². The lowest BCUT2D eigenvalue weighted by Crippen LogP contribution is -2.37. The summed E-state index contributed by atoms with van der Waals surface area (Å²) in [6, 6.07) is 5.85. The number of nitrogens with one attached hydrogen (secondary N) is 1. The Labute approximate surface area is 114 Å². The van der Waals surface area contributed by atoms with Crippen molar-refractivity contribution in [2.45, 2.75) is 20.8 Å². The minimum absolute atomic E-state index is 0.107. The van der Waals surface area contributed by atoms with Crippen molar-refractivity contribution in [1.29, 1.82) is 0 Å². The van der Waals surface area contributed by atoms with E-state index in [0.717, 1.165) is 23.1 Å². The molecule has 1 rings (SSSR count). The molecule has 1 aromatic rings. The van der Waals surface area contributed by atoms with E-state index in [4.69, 9.17) is 0 Å². The second kappa shape index (κ2) is 6.16. The second-order valence-electron chi connectivity index (χ2n) is 4.63. The fourth-order valence-electron chi connectivity index (χ4n) is 1.80. The highest BCUT2D eigenvalue weighted by molar-refractivity contribution is 7.88. The second-order valence-corrected chi connectivity index (χ2v) is 6.46. The van der Waals surface area contributed by atoms with Gasteiger partial charge in [0.15, 0.2) is 0 Å². The molecule has 6 heteroatoms. The molecule has 1 aromatic carbocycles. The van der Waals surface area contributed by atoms with Crippen molar-refractivity contribution in [2.75, 3.05) is 24.2 Å². The largest absolute Gasteiger partial charge is 0.311 e. The number of carbonyl (C=O) groups excluding carboxylic acids is 1. The summed E-state index contributed by atoms with van der Waals surface area (Å²) < 4.78 is 24.4. The molecule has 1 amide bonds. The number of amides is 1. The summed E-state index contributed by atoms with van der Waals surface area (Å²) in [6.45, 7) is 5.87. The average molecular weight is 284 g/mol. The fraction of sp³-hybridized carbons (Fsp3) is 0.462. The molecule has 106 valence electrons. The number of sulfonamides is 1. The van der Waals surface area contributed by atoms with Crippen LogP contribution in [0.25, 0.3) is 0 Å². The fourth-order valence-corrected chi connectivity index (χ4v) is 2.26. The number of benzene rings is 1. The van der Waals surface area contributed by atoms with Gasteiger partial charge >= 0.3 is 0 Å². The molecule has 0 aliphatic rings. The monoisotopic (exact) mass is 284 g/mol. The minimum Gasteiger partial charge on any atom is -0.311 e. The first-order chi connectivity index (χ1) is 8.70. The Morgan fingerprint density at radius 1 is 1.32 bits per heavy atom. The third-order valence-corrected chi connectivity index (χ3v) is 3.46. The molecule has 0 saturated heterocycles. The molecule has 0 radical (unpaired) electrons. The maximum atomic E-state index is 11.7. The lowest BCUT2D eigenvalue weighted by Gasteiger charge is -2.23. The van der Waals surface area contributed by atoms with E-state index in [-0.39, 0.29) is 12.5 Å². The van der Waals surface area contributed by atoms with E-state index in [1.807, 2.05) is 32.0 Å². The number of aryl methyl sites for hydroxylation is 2. The van der Waals surface area contributed by atoms with Gasteiger partial charge in [-0.15, -0.1) is 0 Å². The standard InChI is InChI=1S/C13H20N2O3S/c1-10-5-6-11(2)13(9-10)15(12(3)16)8-7-14-19(4,17)18/h5-6,9,14H,7-8H2,1-4H3. The van der Waals surface area contributed by atoms with Crippen molar-refractivity contribution < 1.29 is 13.2 Å². The Kier molecular flexibility index (Phi) is 5.08. The van der Waals surface area contributed by atoms with Crippen LogP contribution < -0.4 is 9.62 Å². The summed E-state index contributed by atoms with van der Waals surface area (Å²) in [5.74, 6) is -0.107. The molecular formula is C13H20N2O3S. The van der Waals surface area contributed by atoms with Crippen LogP contribution in [0.4, 0.5) is 5.69 Å². The van der Waals surface area contributed by atoms with Crippen LogP contribution in [0.2, 0.25) is 0 Å². The predicted molar refractivity (Wildman–Crippen MR) is 76.8 cm³/mol. The molecular weight excluding hydrogens is 264 g/mol. The van der Waals surface area contributed by atoms with Gasteiger partial charge in [-0.3, -0.25) is 4.79 Å². The summed E-state index contributed by atoms with van der Waals surface area (Å²) in [5.41, 5.74) is 2.87. The third-order valence-electron chi connectivity index (χ3n) is 2.74. The zero-order valence-corrected chi connectivity index (χ0v) is 12.5. The van der Waals surface area contributed by atoms with Gasteiger partial charge in [0.25, 0.3) is 0 Å². The molecule has 0 aromatic heterocycles. The van der Waals surface area contributed by atoms with E-state index in [9.17, 15) is 13.2 Å². The molecule has 0 spiro atoms. The molecule has 19 heavy (non-hydrogen) atoms. The smallest absolute Gasteiger partial charge is 0.223 e. The number of carbonyl (C=O) groups is 1. The van der Waals surface area contributed by atoms with Crippen LogP contribution in [0.15, 0.2) is 18.2 Å².